The van der Waals surface area contributed by atoms with Gasteiger partial charge in [-0.3, -0.25) is 0 Å². The SMILES string of the molecule is CNC(c1c(C)cc(C)cc1C)C(C)CN. The second kappa shape index (κ2) is 5.46. The summed E-state index contributed by atoms with van der Waals surface area (Å²) in [4.78, 5) is 0. The molecule has 2 unspecified atom stereocenters. The fourth-order valence-corrected chi connectivity index (χ4v) is 2.53. The van der Waals surface area contributed by atoms with E-state index < -0.39 is 0 Å². The average molecular weight is 220 g/mol. The first-order valence-corrected chi connectivity index (χ1v) is 5.96. The van der Waals surface area contributed by atoms with Crippen LogP contribution in [0, 0.1) is 26.7 Å². The molecule has 90 valence electrons. The van der Waals surface area contributed by atoms with Gasteiger partial charge in [-0.15, -0.1) is 0 Å². The van der Waals surface area contributed by atoms with Gasteiger partial charge in [-0.05, 0) is 57.0 Å². The Balaban J connectivity index is 3.19. The van der Waals surface area contributed by atoms with E-state index in [1.54, 1.807) is 0 Å². The van der Waals surface area contributed by atoms with Crippen LogP contribution in [0.15, 0.2) is 12.1 Å². The van der Waals surface area contributed by atoms with Crippen molar-refractivity contribution >= 4 is 0 Å². The van der Waals surface area contributed by atoms with E-state index in [4.69, 9.17) is 5.73 Å². The summed E-state index contributed by atoms with van der Waals surface area (Å²) in [5, 5.41) is 3.39. The molecule has 3 N–H and O–H groups in total. The van der Waals surface area contributed by atoms with Gasteiger partial charge in [0.05, 0.1) is 0 Å². The van der Waals surface area contributed by atoms with Gasteiger partial charge >= 0.3 is 0 Å². The van der Waals surface area contributed by atoms with Crippen LogP contribution in [-0.4, -0.2) is 13.6 Å². The van der Waals surface area contributed by atoms with Crippen molar-refractivity contribution in [2.24, 2.45) is 11.7 Å². The molecule has 0 aliphatic carbocycles. The van der Waals surface area contributed by atoms with E-state index in [-0.39, 0.29) is 0 Å². The van der Waals surface area contributed by atoms with Gasteiger partial charge in [0.15, 0.2) is 0 Å². The molecule has 0 aliphatic heterocycles. The van der Waals surface area contributed by atoms with E-state index in [9.17, 15) is 0 Å². The van der Waals surface area contributed by atoms with Gasteiger partial charge < -0.3 is 11.1 Å². The van der Waals surface area contributed by atoms with Gasteiger partial charge in [-0.2, -0.15) is 0 Å². The lowest BCUT2D eigenvalue weighted by Gasteiger charge is -2.26. The van der Waals surface area contributed by atoms with Crippen molar-refractivity contribution in [1.29, 1.82) is 0 Å². The topological polar surface area (TPSA) is 38.0 Å². The molecular weight excluding hydrogens is 196 g/mol. The van der Waals surface area contributed by atoms with Crippen molar-refractivity contribution in [2.45, 2.75) is 33.7 Å². The summed E-state index contributed by atoms with van der Waals surface area (Å²) < 4.78 is 0. The summed E-state index contributed by atoms with van der Waals surface area (Å²) in [6.07, 6.45) is 0. The van der Waals surface area contributed by atoms with Crippen molar-refractivity contribution < 1.29 is 0 Å². The molecule has 0 spiro atoms. The largest absolute Gasteiger partial charge is 0.330 e. The van der Waals surface area contributed by atoms with Gasteiger partial charge in [0.25, 0.3) is 0 Å². The molecule has 2 heteroatoms. The number of rotatable bonds is 4. The van der Waals surface area contributed by atoms with Crippen LogP contribution in [0.1, 0.15) is 35.2 Å². The van der Waals surface area contributed by atoms with Gasteiger partial charge in [0.2, 0.25) is 0 Å². The summed E-state index contributed by atoms with van der Waals surface area (Å²) in [7, 11) is 2.01. The Bertz CT molecular complexity index is 335. The van der Waals surface area contributed by atoms with Crippen molar-refractivity contribution in [3.63, 3.8) is 0 Å². The fraction of sp³-hybridized carbons (Fsp3) is 0.571. The predicted octanol–water partition coefficient (Wildman–Crippen LogP) is 2.47. The third-order valence-electron chi connectivity index (χ3n) is 3.30. The van der Waals surface area contributed by atoms with Gasteiger partial charge in [-0.25, -0.2) is 0 Å². The molecule has 1 aromatic carbocycles. The molecule has 0 radical (unpaired) electrons. The Labute approximate surface area is 99.2 Å². The molecule has 0 saturated heterocycles. The van der Waals surface area contributed by atoms with Gasteiger partial charge in [0, 0.05) is 6.04 Å². The Morgan fingerprint density at radius 3 is 2.06 bits per heavy atom. The average Bonchev–Trinajstić information content (AvgIpc) is 2.22. The van der Waals surface area contributed by atoms with Crippen LogP contribution in [-0.2, 0) is 0 Å². The first kappa shape index (κ1) is 13.2. The molecule has 1 aromatic rings. The molecule has 1 rings (SSSR count). The van der Waals surface area contributed by atoms with Crippen LogP contribution < -0.4 is 11.1 Å². The predicted molar refractivity (Wildman–Crippen MR) is 70.7 cm³/mol. The summed E-state index contributed by atoms with van der Waals surface area (Å²) in [6, 6.07) is 4.84. The third-order valence-corrected chi connectivity index (χ3v) is 3.30. The van der Waals surface area contributed by atoms with Crippen LogP contribution >= 0.6 is 0 Å². The fourth-order valence-electron chi connectivity index (χ4n) is 2.53. The Morgan fingerprint density at radius 1 is 1.19 bits per heavy atom. The molecule has 0 amide bonds. The number of nitrogens with one attached hydrogen (secondary N) is 1. The minimum atomic E-state index is 0.352. The maximum atomic E-state index is 5.78. The molecule has 2 nitrogen and oxygen atoms in total. The van der Waals surface area contributed by atoms with E-state index in [0.717, 1.165) is 0 Å². The summed E-state index contributed by atoms with van der Waals surface area (Å²) in [6.45, 7) is 9.41. The van der Waals surface area contributed by atoms with Gasteiger partial charge in [-0.1, -0.05) is 24.6 Å². The second-order valence-electron chi connectivity index (χ2n) is 4.79. The number of nitrogens with two attached hydrogens (primary N) is 1. The van der Waals surface area contributed by atoms with Crippen LogP contribution in [0.25, 0.3) is 0 Å². The minimum absolute atomic E-state index is 0.352. The maximum absolute atomic E-state index is 5.78. The Kier molecular flexibility index (Phi) is 4.51. The normalized spacial score (nSPS) is 14.9. The lowest BCUT2D eigenvalue weighted by Crippen LogP contribution is -2.29. The zero-order valence-electron chi connectivity index (χ0n) is 11.1. The third kappa shape index (κ3) is 2.63. The summed E-state index contributed by atoms with van der Waals surface area (Å²) >= 11 is 0. The van der Waals surface area contributed by atoms with Crippen molar-refractivity contribution in [3.8, 4) is 0 Å². The zero-order chi connectivity index (χ0) is 12.3. The quantitative estimate of drug-likeness (QED) is 0.818. The highest BCUT2D eigenvalue weighted by atomic mass is 14.9. The maximum Gasteiger partial charge on any atom is 0.0360 e. The van der Waals surface area contributed by atoms with Crippen molar-refractivity contribution in [1.82, 2.24) is 5.32 Å². The molecule has 0 saturated carbocycles. The summed E-state index contributed by atoms with van der Waals surface area (Å²) in [5.41, 5.74) is 11.2. The monoisotopic (exact) mass is 220 g/mol. The van der Waals surface area contributed by atoms with E-state index in [1.165, 1.54) is 22.3 Å². The van der Waals surface area contributed by atoms with E-state index in [0.29, 0.717) is 18.5 Å². The van der Waals surface area contributed by atoms with Crippen molar-refractivity contribution in [3.05, 3.63) is 34.4 Å². The second-order valence-corrected chi connectivity index (χ2v) is 4.79. The molecule has 0 aromatic heterocycles. The molecule has 0 fully saturated rings. The lowest BCUT2D eigenvalue weighted by molar-refractivity contribution is 0.416. The van der Waals surface area contributed by atoms with E-state index in [1.807, 2.05) is 7.05 Å². The van der Waals surface area contributed by atoms with E-state index in [2.05, 4.69) is 45.1 Å². The Morgan fingerprint density at radius 2 is 1.69 bits per heavy atom. The first-order chi connectivity index (χ1) is 7.51. The standard InChI is InChI=1S/C14H24N2/c1-9-6-10(2)13(11(3)7-9)14(16-5)12(4)8-15/h6-7,12,14,16H,8,15H2,1-5H3. The molecule has 0 bridgehead atoms. The van der Waals surface area contributed by atoms with Crippen molar-refractivity contribution in [2.75, 3.05) is 13.6 Å². The number of hydrogen-bond acceptors (Lipinski definition) is 2. The highest BCUT2D eigenvalue weighted by molar-refractivity contribution is 5.40. The van der Waals surface area contributed by atoms with Crippen LogP contribution in [0.2, 0.25) is 0 Å². The highest BCUT2D eigenvalue weighted by Crippen LogP contribution is 2.28. The molecule has 0 heterocycles. The molecular formula is C14H24N2. The number of aryl methyl sites for hydroxylation is 3. The smallest absolute Gasteiger partial charge is 0.0360 e. The molecule has 16 heavy (non-hydrogen) atoms. The first-order valence-electron chi connectivity index (χ1n) is 5.96. The molecule has 0 aliphatic rings. The lowest BCUT2D eigenvalue weighted by atomic mass is 9.87. The minimum Gasteiger partial charge on any atom is -0.330 e. The number of benzene rings is 1. The van der Waals surface area contributed by atoms with Crippen LogP contribution in [0.4, 0.5) is 0 Å². The molecule has 2 atom stereocenters. The Hall–Kier alpha value is -0.860. The van der Waals surface area contributed by atoms with Crippen LogP contribution in [0.5, 0.6) is 0 Å². The highest BCUT2D eigenvalue weighted by Gasteiger charge is 2.19. The van der Waals surface area contributed by atoms with E-state index >= 15 is 0 Å². The summed E-state index contributed by atoms with van der Waals surface area (Å²) in [5.74, 6) is 0.449. The zero-order valence-corrected chi connectivity index (χ0v) is 11.1. The number of hydrogen-bond donors (Lipinski definition) is 2. The van der Waals surface area contributed by atoms with Crippen LogP contribution in [0.3, 0.4) is 0 Å². The van der Waals surface area contributed by atoms with Gasteiger partial charge in [0.1, 0.15) is 0 Å².